The first-order valence-electron chi connectivity index (χ1n) is 5.97. The topological polar surface area (TPSA) is 49.3 Å². The zero-order chi connectivity index (χ0) is 13.7. The van der Waals surface area contributed by atoms with Crippen molar-refractivity contribution in [3.05, 3.63) is 59.9 Å². The number of carbonyl (C=O) groups is 1. The Bertz CT molecular complexity index is 549. The Kier molecular flexibility index (Phi) is 4.13. The van der Waals surface area contributed by atoms with Crippen molar-refractivity contribution in [3.8, 4) is 5.75 Å². The monoisotopic (exact) mass is 259 g/mol. The molecule has 0 unspecified atom stereocenters. The van der Waals surface area contributed by atoms with Gasteiger partial charge in [0.1, 0.15) is 11.6 Å². The van der Waals surface area contributed by atoms with Gasteiger partial charge in [-0.05, 0) is 48.4 Å². The van der Waals surface area contributed by atoms with E-state index in [4.69, 9.17) is 5.11 Å². The fraction of sp³-hybridized carbons (Fsp3) is 0.133. The van der Waals surface area contributed by atoms with Crippen molar-refractivity contribution in [2.75, 3.05) is 5.32 Å². The number of hydrogen-bond donors (Lipinski definition) is 2. The molecule has 0 radical (unpaired) electrons. The number of aryl methyl sites for hydroxylation is 1. The van der Waals surface area contributed by atoms with E-state index in [1.165, 1.54) is 24.3 Å². The molecule has 0 aliphatic heterocycles. The van der Waals surface area contributed by atoms with Gasteiger partial charge in [-0.25, -0.2) is 4.39 Å². The maximum atomic E-state index is 12.7. The van der Waals surface area contributed by atoms with Gasteiger partial charge in [-0.2, -0.15) is 0 Å². The number of rotatable bonds is 4. The minimum absolute atomic E-state index is 0.116. The predicted molar refractivity (Wildman–Crippen MR) is 71.5 cm³/mol. The molecule has 19 heavy (non-hydrogen) atoms. The van der Waals surface area contributed by atoms with Crippen molar-refractivity contribution >= 4 is 11.6 Å². The first kappa shape index (κ1) is 13.1. The Morgan fingerprint density at radius 1 is 1.05 bits per heavy atom. The van der Waals surface area contributed by atoms with E-state index in [2.05, 4.69) is 5.32 Å². The molecule has 0 saturated carbocycles. The zero-order valence-corrected chi connectivity index (χ0v) is 10.3. The van der Waals surface area contributed by atoms with Gasteiger partial charge in [-0.1, -0.05) is 12.1 Å². The summed E-state index contributed by atoms with van der Waals surface area (Å²) in [5.74, 6) is -0.239. The van der Waals surface area contributed by atoms with Gasteiger partial charge in [0.05, 0.1) is 0 Å². The summed E-state index contributed by atoms with van der Waals surface area (Å²) in [6, 6.07) is 12.4. The van der Waals surface area contributed by atoms with Crippen LogP contribution in [-0.4, -0.2) is 11.0 Å². The Hall–Kier alpha value is -2.36. The van der Waals surface area contributed by atoms with Crippen molar-refractivity contribution in [2.45, 2.75) is 12.8 Å². The fourth-order valence-corrected chi connectivity index (χ4v) is 1.68. The van der Waals surface area contributed by atoms with Crippen LogP contribution in [0.25, 0.3) is 0 Å². The minimum atomic E-state index is -0.280. The number of aromatic hydroxyl groups is 1. The first-order valence-corrected chi connectivity index (χ1v) is 5.97. The number of phenols is 1. The Labute approximate surface area is 110 Å². The van der Waals surface area contributed by atoms with Gasteiger partial charge < -0.3 is 10.4 Å². The highest BCUT2D eigenvalue weighted by molar-refractivity contribution is 5.90. The third kappa shape index (κ3) is 4.10. The summed E-state index contributed by atoms with van der Waals surface area (Å²) >= 11 is 0. The molecule has 3 nitrogen and oxygen atoms in total. The predicted octanol–water partition coefficient (Wildman–Crippen LogP) is 3.10. The van der Waals surface area contributed by atoms with Gasteiger partial charge in [-0.15, -0.1) is 0 Å². The molecule has 0 aliphatic carbocycles. The van der Waals surface area contributed by atoms with E-state index in [0.29, 0.717) is 18.5 Å². The van der Waals surface area contributed by atoms with Crippen LogP contribution in [0.2, 0.25) is 0 Å². The van der Waals surface area contributed by atoms with E-state index in [1.54, 1.807) is 24.3 Å². The molecule has 2 aromatic rings. The highest BCUT2D eigenvalue weighted by Gasteiger charge is 2.03. The molecule has 2 rings (SSSR count). The van der Waals surface area contributed by atoms with E-state index < -0.39 is 0 Å². The van der Waals surface area contributed by atoms with Crippen LogP contribution < -0.4 is 5.32 Å². The number of anilines is 1. The van der Waals surface area contributed by atoms with Gasteiger partial charge in [0.15, 0.2) is 0 Å². The number of halogens is 1. The smallest absolute Gasteiger partial charge is 0.224 e. The van der Waals surface area contributed by atoms with Crippen LogP contribution in [0.1, 0.15) is 12.0 Å². The Balaban J connectivity index is 1.84. The zero-order valence-electron chi connectivity index (χ0n) is 10.3. The molecule has 0 saturated heterocycles. The molecule has 2 aromatic carbocycles. The van der Waals surface area contributed by atoms with Gasteiger partial charge in [0.25, 0.3) is 0 Å². The number of hydrogen-bond acceptors (Lipinski definition) is 2. The van der Waals surface area contributed by atoms with Crippen LogP contribution >= 0.6 is 0 Å². The lowest BCUT2D eigenvalue weighted by Gasteiger charge is -2.05. The lowest BCUT2D eigenvalue weighted by Crippen LogP contribution is -2.12. The van der Waals surface area contributed by atoms with Crippen molar-refractivity contribution in [1.29, 1.82) is 0 Å². The second kappa shape index (κ2) is 6.00. The highest BCUT2D eigenvalue weighted by atomic mass is 19.1. The van der Waals surface area contributed by atoms with E-state index >= 15 is 0 Å². The molecule has 98 valence electrons. The van der Waals surface area contributed by atoms with Crippen LogP contribution in [0.15, 0.2) is 48.5 Å². The summed E-state index contributed by atoms with van der Waals surface area (Å²) in [6.45, 7) is 0. The number of nitrogens with one attached hydrogen (secondary N) is 1. The second-order valence-electron chi connectivity index (χ2n) is 4.22. The van der Waals surface area contributed by atoms with Crippen LogP contribution in [0.4, 0.5) is 10.1 Å². The standard InChI is InChI=1S/C15H14FNO2/c16-12-4-1-11(2-5-12)3-10-15(19)17-13-6-8-14(18)9-7-13/h1-2,4-9,18H,3,10H2,(H,17,19). The summed E-state index contributed by atoms with van der Waals surface area (Å²) in [6.07, 6.45) is 0.886. The Morgan fingerprint density at radius 3 is 2.32 bits per heavy atom. The lowest BCUT2D eigenvalue weighted by molar-refractivity contribution is -0.116. The molecule has 1 amide bonds. The number of carbonyl (C=O) groups excluding carboxylic acids is 1. The molecule has 0 aliphatic rings. The molecule has 4 heteroatoms. The second-order valence-corrected chi connectivity index (χ2v) is 4.22. The summed E-state index contributed by atoms with van der Waals surface area (Å²) in [5.41, 5.74) is 1.56. The average Bonchev–Trinajstić information content (AvgIpc) is 2.41. The number of benzene rings is 2. The van der Waals surface area contributed by atoms with Crippen LogP contribution in [0.3, 0.4) is 0 Å². The van der Waals surface area contributed by atoms with Gasteiger partial charge in [0.2, 0.25) is 5.91 Å². The Morgan fingerprint density at radius 2 is 1.68 bits per heavy atom. The molecule has 0 atom stereocenters. The molecule has 0 spiro atoms. The van der Waals surface area contributed by atoms with Crippen molar-refractivity contribution < 1.29 is 14.3 Å². The lowest BCUT2D eigenvalue weighted by atomic mass is 10.1. The molecular weight excluding hydrogens is 245 g/mol. The summed E-state index contributed by atoms with van der Waals surface area (Å²) in [5, 5.41) is 11.8. The van der Waals surface area contributed by atoms with E-state index in [0.717, 1.165) is 5.56 Å². The molecule has 0 bridgehead atoms. The van der Waals surface area contributed by atoms with Gasteiger partial charge >= 0.3 is 0 Å². The largest absolute Gasteiger partial charge is 0.508 e. The molecule has 0 fully saturated rings. The van der Waals surface area contributed by atoms with Crippen molar-refractivity contribution in [2.24, 2.45) is 0 Å². The fourth-order valence-electron chi connectivity index (χ4n) is 1.68. The van der Waals surface area contributed by atoms with E-state index in [9.17, 15) is 9.18 Å². The molecule has 0 aromatic heterocycles. The maximum Gasteiger partial charge on any atom is 0.224 e. The van der Waals surface area contributed by atoms with Crippen LogP contribution in [0.5, 0.6) is 5.75 Å². The summed E-state index contributed by atoms with van der Waals surface area (Å²) in [7, 11) is 0. The van der Waals surface area contributed by atoms with Crippen LogP contribution in [-0.2, 0) is 11.2 Å². The minimum Gasteiger partial charge on any atom is -0.508 e. The first-order chi connectivity index (χ1) is 9.13. The average molecular weight is 259 g/mol. The van der Waals surface area contributed by atoms with E-state index in [1.807, 2.05) is 0 Å². The SMILES string of the molecule is O=C(CCc1ccc(F)cc1)Nc1ccc(O)cc1. The molecular formula is C15H14FNO2. The molecule has 2 N–H and O–H groups in total. The van der Waals surface area contributed by atoms with Crippen molar-refractivity contribution in [3.63, 3.8) is 0 Å². The summed E-state index contributed by atoms with van der Waals surface area (Å²) < 4.78 is 12.7. The maximum absolute atomic E-state index is 12.7. The summed E-state index contributed by atoms with van der Waals surface area (Å²) in [4.78, 5) is 11.7. The number of amides is 1. The van der Waals surface area contributed by atoms with Gasteiger partial charge in [-0.3, -0.25) is 4.79 Å². The number of phenolic OH excluding ortho intramolecular Hbond substituents is 1. The molecule has 0 heterocycles. The quantitative estimate of drug-likeness (QED) is 0.829. The van der Waals surface area contributed by atoms with Crippen molar-refractivity contribution in [1.82, 2.24) is 0 Å². The van der Waals surface area contributed by atoms with E-state index in [-0.39, 0.29) is 17.5 Å². The highest BCUT2D eigenvalue weighted by Crippen LogP contribution is 2.14. The third-order valence-electron chi connectivity index (χ3n) is 2.71. The van der Waals surface area contributed by atoms with Crippen LogP contribution in [0, 0.1) is 5.82 Å². The normalized spacial score (nSPS) is 10.2. The third-order valence-corrected chi connectivity index (χ3v) is 2.71. The van der Waals surface area contributed by atoms with Gasteiger partial charge in [0, 0.05) is 12.1 Å².